The lowest BCUT2D eigenvalue weighted by atomic mass is 10.0. The zero-order chi connectivity index (χ0) is 15.4. The highest BCUT2D eigenvalue weighted by Gasteiger charge is 2.07. The molecule has 0 amide bonds. The third-order valence-electron chi connectivity index (χ3n) is 3.24. The third-order valence-corrected chi connectivity index (χ3v) is 4.13. The lowest BCUT2D eigenvalue weighted by Crippen LogP contribution is -1.96. The molecule has 0 saturated carbocycles. The monoisotopic (exact) mass is 311 g/mol. The lowest BCUT2D eigenvalue weighted by molar-refractivity contribution is 0.302. The molecular weight excluding hydrogens is 294 g/mol. The molecule has 0 spiro atoms. The standard InChI is InChI=1S/C17H17N3OS/c1-12(2)13-4-6-15(7-5-13)21-10-14-11-22-17(20-14)16-18-8-3-9-19-16/h3-9,11-12H,10H2,1-2H3. The molecule has 0 aliphatic heterocycles. The van der Waals surface area contributed by atoms with Crippen LogP contribution in [-0.2, 0) is 6.61 Å². The van der Waals surface area contributed by atoms with E-state index in [1.54, 1.807) is 18.5 Å². The number of rotatable bonds is 5. The molecule has 0 bridgehead atoms. The van der Waals surface area contributed by atoms with E-state index in [2.05, 4.69) is 40.9 Å². The Morgan fingerprint density at radius 3 is 2.50 bits per heavy atom. The van der Waals surface area contributed by atoms with Crippen LogP contribution in [0.4, 0.5) is 0 Å². The van der Waals surface area contributed by atoms with Gasteiger partial charge in [0.25, 0.3) is 0 Å². The minimum absolute atomic E-state index is 0.449. The highest BCUT2D eigenvalue weighted by molar-refractivity contribution is 7.13. The van der Waals surface area contributed by atoms with Gasteiger partial charge in [-0.15, -0.1) is 11.3 Å². The molecule has 1 aromatic carbocycles. The van der Waals surface area contributed by atoms with Crippen LogP contribution in [0.25, 0.3) is 10.8 Å². The molecular formula is C17H17N3OS. The van der Waals surface area contributed by atoms with Crippen molar-refractivity contribution in [2.24, 2.45) is 0 Å². The molecule has 0 aliphatic carbocycles. The maximum atomic E-state index is 5.78. The molecule has 3 aromatic rings. The summed E-state index contributed by atoms with van der Waals surface area (Å²) in [5.41, 5.74) is 2.20. The van der Waals surface area contributed by atoms with E-state index in [9.17, 15) is 0 Å². The highest BCUT2D eigenvalue weighted by atomic mass is 32.1. The Labute approximate surface area is 133 Å². The second-order valence-electron chi connectivity index (χ2n) is 5.23. The summed E-state index contributed by atoms with van der Waals surface area (Å²) in [7, 11) is 0. The van der Waals surface area contributed by atoms with Crippen molar-refractivity contribution in [2.45, 2.75) is 26.4 Å². The molecule has 0 saturated heterocycles. The van der Waals surface area contributed by atoms with Crippen molar-refractivity contribution >= 4 is 11.3 Å². The van der Waals surface area contributed by atoms with Crippen molar-refractivity contribution in [1.29, 1.82) is 0 Å². The Hall–Kier alpha value is -2.27. The van der Waals surface area contributed by atoms with Gasteiger partial charge in [0.05, 0.1) is 5.69 Å². The zero-order valence-corrected chi connectivity index (χ0v) is 13.4. The van der Waals surface area contributed by atoms with Crippen LogP contribution < -0.4 is 4.74 Å². The first-order valence-electron chi connectivity index (χ1n) is 7.17. The van der Waals surface area contributed by atoms with Crippen LogP contribution in [0.1, 0.15) is 31.0 Å². The molecule has 4 nitrogen and oxygen atoms in total. The number of hydrogen-bond donors (Lipinski definition) is 0. The topological polar surface area (TPSA) is 47.9 Å². The van der Waals surface area contributed by atoms with Gasteiger partial charge in [0, 0.05) is 17.8 Å². The van der Waals surface area contributed by atoms with Gasteiger partial charge in [-0.05, 0) is 29.7 Å². The molecule has 22 heavy (non-hydrogen) atoms. The molecule has 0 unspecified atom stereocenters. The third kappa shape index (κ3) is 3.49. The SMILES string of the molecule is CC(C)c1ccc(OCc2csc(-c3ncccn3)n2)cc1. The lowest BCUT2D eigenvalue weighted by Gasteiger charge is -2.07. The first kappa shape index (κ1) is 14.7. The number of hydrogen-bond acceptors (Lipinski definition) is 5. The molecule has 3 rings (SSSR count). The van der Waals surface area contributed by atoms with E-state index in [0.29, 0.717) is 18.3 Å². The van der Waals surface area contributed by atoms with Crippen molar-refractivity contribution in [3.63, 3.8) is 0 Å². The van der Waals surface area contributed by atoms with E-state index in [-0.39, 0.29) is 0 Å². The Balaban J connectivity index is 1.63. The van der Waals surface area contributed by atoms with Gasteiger partial charge < -0.3 is 4.74 Å². The number of ether oxygens (including phenoxy) is 1. The van der Waals surface area contributed by atoms with E-state index in [1.165, 1.54) is 16.9 Å². The minimum Gasteiger partial charge on any atom is -0.487 e. The van der Waals surface area contributed by atoms with Crippen LogP contribution in [0.3, 0.4) is 0 Å². The van der Waals surface area contributed by atoms with Gasteiger partial charge in [0.1, 0.15) is 12.4 Å². The highest BCUT2D eigenvalue weighted by Crippen LogP contribution is 2.22. The molecule has 0 atom stereocenters. The number of aromatic nitrogens is 3. The maximum absolute atomic E-state index is 5.78. The van der Waals surface area contributed by atoms with E-state index in [1.807, 2.05) is 17.5 Å². The number of thiazole rings is 1. The van der Waals surface area contributed by atoms with Crippen LogP contribution in [0.2, 0.25) is 0 Å². The summed E-state index contributed by atoms with van der Waals surface area (Å²) in [5.74, 6) is 2.04. The van der Waals surface area contributed by atoms with E-state index >= 15 is 0 Å². The summed E-state index contributed by atoms with van der Waals surface area (Å²) in [5, 5.41) is 2.79. The Morgan fingerprint density at radius 2 is 1.82 bits per heavy atom. The predicted molar refractivity (Wildman–Crippen MR) is 88.0 cm³/mol. The summed E-state index contributed by atoms with van der Waals surface area (Å²) in [6, 6.07) is 10.0. The van der Waals surface area contributed by atoms with Gasteiger partial charge >= 0.3 is 0 Å². The quantitative estimate of drug-likeness (QED) is 0.705. The Kier molecular flexibility index (Phi) is 4.44. The zero-order valence-electron chi connectivity index (χ0n) is 12.6. The molecule has 2 heterocycles. The molecule has 0 aliphatic rings. The maximum Gasteiger partial charge on any atom is 0.188 e. The van der Waals surface area contributed by atoms with Gasteiger partial charge in [0.2, 0.25) is 0 Å². The van der Waals surface area contributed by atoms with Crippen LogP contribution in [0.15, 0.2) is 48.1 Å². The summed E-state index contributed by atoms with van der Waals surface area (Å²) in [6.07, 6.45) is 3.44. The second-order valence-corrected chi connectivity index (χ2v) is 6.09. The fraction of sp³-hybridized carbons (Fsp3) is 0.235. The van der Waals surface area contributed by atoms with Crippen molar-refractivity contribution in [3.05, 3.63) is 59.4 Å². The summed E-state index contributed by atoms with van der Waals surface area (Å²) in [4.78, 5) is 12.9. The largest absolute Gasteiger partial charge is 0.487 e. The van der Waals surface area contributed by atoms with Crippen LogP contribution in [-0.4, -0.2) is 15.0 Å². The number of benzene rings is 1. The molecule has 112 valence electrons. The normalized spacial score (nSPS) is 10.9. The summed E-state index contributed by atoms with van der Waals surface area (Å²) < 4.78 is 5.78. The first-order chi connectivity index (χ1) is 10.7. The van der Waals surface area contributed by atoms with Gasteiger partial charge in [-0.3, -0.25) is 0 Å². The van der Waals surface area contributed by atoms with E-state index < -0.39 is 0 Å². The Morgan fingerprint density at radius 1 is 1.09 bits per heavy atom. The molecule has 0 radical (unpaired) electrons. The second kappa shape index (κ2) is 6.66. The van der Waals surface area contributed by atoms with Crippen LogP contribution >= 0.6 is 11.3 Å². The number of nitrogens with zero attached hydrogens (tertiary/aromatic N) is 3. The molecule has 0 fully saturated rings. The van der Waals surface area contributed by atoms with Gasteiger partial charge in [0.15, 0.2) is 10.8 Å². The van der Waals surface area contributed by atoms with Gasteiger partial charge in [-0.1, -0.05) is 26.0 Å². The molecule has 0 N–H and O–H groups in total. The smallest absolute Gasteiger partial charge is 0.188 e. The van der Waals surface area contributed by atoms with Gasteiger partial charge in [-0.25, -0.2) is 15.0 Å². The molecule has 5 heteroatoms. The van der Waals surface area contributed by atoms with Crippen LogP contribution in [0.5, 0.6) is 5.75 Å². The first-order valence-corrected chi connectivity index (χ1v) is 8.05. The van der Waals surface area contributed by atoms with Crippen molar-refractivity contribution in [2.75, 3.05) is 0 Å². The average Bonchev–Trinajstić information content (AvgIpc) is 3.03. The molecule has 2 aromatic heterocycles. The van der Waals surface area contributed by atoms with Crippen molar-refractivity contribution in [3.8, 4) is 16.6 Å². The van der Waals surface area contributed by atoms with Crippen LogP contribution in [0, 0.1) is 0 Å². The van der Waals surface area contributed by atoms with Crippen molar-refractivity contribution < 1.29 is 4.74 Å². The van der Waals surface area contributed by atoms with Crippen molar-refractivity contribution in [1.82, 2.24) is 15.0 Å². The van der Waals surface area contributed by atoms with E-state index in [4.69, 9.17) is 4.74 Å². The summed E-state index contributed by atoms with van der Waals surface area (Å²) in [6.45, 7) is 4.81. The Bertz CT molecular complexity index is 723. The van der Waals surface area contributed by atoms with E-state index in [0.717, 1.165) is 16.5 Å². The predicted octanol–water partition coefficient (Wildman–Crippen LogP) is 4.30. The minimum atomic E-state index is 0.449. The fourth-order valence-corrected chi connectivity index (χ4v) is 2.74. The summed E-state index contributed by atoms with van der Waals surface area (Å²) >= 11 is 1.53. The average molecular weight is 311 g/mol. The fourth-order valence-electron chi connectivity index (χ4n) is 1.99. The van der Waals surface area contributed by atoms with Gasteiger partial charge in [-0.2, -0.15) is 0 Å².